The summed E-state index contributed by atoms with van der Waals surface area (Å²) in [5, 5.41) is 0.612. The van der Waals surface area contributed by atoms with E-state index < -0.39 is 0 Å². The molecule has 1 aliphatic rings. The van der Waals surface area contributed by atoms with Crippen molar-refractivity contribution in [3.63, 3.8) is 0 Å². The Bertz CT molecular complexity index is 433. The fourth-order valence-electron chi connectivity index (χ4n) is 2.32. The van der Waals surface area contributed by atoms with Crippen molar-refractivity contribution in [2.45, 2.75) is 12.8 Å². The molecule has 0 fully saturated rings. The van der Waals surface area contributed by atoms with Crippen LogP contribution < -0.4 is 0 Å². The van der Waals surface area contributed by atoms with Gasteiger partial charge in [-0.05, 0) is 36.5 Å². The van der Waals surface area contributed by atoms with Crippen LogP contribution in [0, 0.1) is 5.92 Å². The van der Waals surface area contributed by atoms with Crippen molar-refractivity contribution >= 4 is 29.1 Å². The van der Waals surface area contributed by atoms with Crippen LogP contribution in [-0.4, -0.2) is 30.3 Å². The maximum Gasteiger partial charge on any atom is 0.253 e. The first-order valence-electron chi connectivity index (χ1n) is 5.71. The maximum atomic E-state index is 12.2. The lowest BCUT2D eigenvalue weighted by molar-refractivity contribution is 0.0782. The van der Waals surface area contributed by atoms with Gasteiger partial charge in [0.1, 0.15) is 0 Å². The quantitative estimate of drug-likeness (QED) is 0.757. The van der Waals surface area contributed by atoms with Crippen LogP contribution in [0.5, 0.6) is 0 Å². The van der Waals surface area contributed by atoms with Gasteiger partial charge in [0, 0.05) is 30.1 Å². The van der Waals surface area contributed by atoms with E-state index in [-0.39, 0.29) is 5.91 Å². The van der Waals surface area contributed by atoms with Crippen molar-refractivity contribution < 1.29 is 4.79 Å². The van der Waals surface area contributed by atoms with E-state index in [0.717, 1.165) is 30.5 Å². The third kappa shape index (κ3) is 2.75. The Morgan fingerprint density at radius 2 is 2.24 bits per heavy atom. The monoisotopic (exact) mass is 271 g/mol. The predicted molar refractivity (Wildman–Crippen MR) is 70.9 cm³/mol. The zero-order chi connectivity index (χ0) is 12.4. The van der Waals surface area contributed by atoms with Gasteiger partial charge in [0.05, 0.1) is 0 Å². The van der Waals surface area contributed by atoms with Crippen molar-refractivity contribution in [2.75, 3.05) is 19.5 Å². The van der Waals surface area contributed by atoms with Gasteiger partial charge in [0.2, 0.25) is 0 Å². The third-order valence-electron chi connectivity index (χ3n) is 3.21. The van der Waals surface area contributed by atoms with Crippen molar-refractivity contribution in [1.29, 1.82) is 0 Å². The number of hydrogen-bond acceptors (Lipinski definition) is 1. The molecule has 0 saturated heterocycles. The molecule has 0 aliphatic carbocycles. The predicted octanol–water partition coefficient (Wildman–Crippen LogP) is 3.21. The summed E-state index contributed by atoms with van der Waals surface area (Å²) in [5.41, 5.74) is 1.82. The number of carbonyl (C=O) groups excluding carboxylic acids is 1. The number of hydrogen-bond donors (Lipinski definition) is 0. The molecule has 1 amide bonds. The summed E-state index contributed by atoms with van der Waals surface area (Å²) in [7, 11) is 1.83. The summed E-state index contributed by atoms with van der Waals surface area (Å²) in [4.78, 5) is 13.9. The van der Waals surface area contributed by atoms with Crippen LogP contribution >= 0.6 is 23.2 Å². The van der Waals surface area contributed by atoms with E-state index in [9.17, 15) is 4.79 Å². The van der Waals surface area contributed by atoms with Gasteiger partial charge in [-0.3, -0.25) is 4.79 Å². The summed E-state index contributed by atoms with van der Waals surface area (Å²) >= 11 is 11.7. The molecule has 1 atom stereocenters. The number of benzene rings is 1. The third-order valence-corrected chi connectivity index (χ3v) is 3.66. The molecule has 2 rings (SSSR count). The Morgan fingerprint density at radius 3 is 2.94 bits per heavy atom. The summed E-state index contributed by atoms with van der Waals surface area (Å²) in [6.45, 7) is 0.762. The minimum atomic E-state index is 0.0552. The highest BCUT2D eigenvalue weighted by Gasteiger charge is 2.25. The molecule has 1 aromatic rings. The van der Waals surface area contributed by atoms with Gasteiger partial charge in [-0.2, -0.15) is 0 Å². The largest absolute Gasteiger partial charge is 0.341 e. The molecule has 4 heteroatoms. The summed E-state index contributed by atoms with van der Waals surface area (Å²) in [5.74, 6) is 1.12. The van der Waals surface area contributed by atoms with Crippen LogP contribution in [0.4, 0.5) is 0 Å². The number of nitrogens with zero attached hydrogens (tertiary/aromatic N) is 1. The Balaban J connectivity index is 2.37. The zero-order valence-corrected chi connectivity index (χ0v) is 11.3. The molecule has 0 bridgehead atoms. The highest BCUT2D eigenvalue weighted by atomic mass is 35.5. The van der Waals surface area contributed by atoms with Crippen molar-refractivity contribution in [1.82, 2.24) is 4.90 Å². The molecule has 1 unspecified atom stereocenters. The number of carbonyl (C=O) groups is 1. The Morgan fingerprint density at radius 1 is 1.47 bits per heavy atom. The molecule has 0 radical (unpaired) electrons. The lowest BCUT2D eigenvalue weighted by Gasteiger charge is -2.19. The standard InChI is InChI=1S/C13H15Cl2NO/c1-16-8-9(4-5-14)6-10-2-3-11(15)7-12(10)13(16)17/h2-3,7,9H,4-6,8H2,1H3. The van der Waals surface area contributed by atoms with Crippen LogP contribution in [0.25, 0.3) is 0 Å². The van der Waals surface area contributed by atoms with E-state index >= 15 is 0 Å². The van der Waals surface area contributed by atoms with E-state index in [4.69, 9.17) is 23.2 Å². The molecule has 0 N–H and O–H groups in total. The molecule has 1 aliphatic heterocycles. The summed E-state index contributed by atoms with van der Waals surface area (Å²) in [6, 6.07) is 5.56. The smallest absolute Gasteiger partial charge is 0.253 e. The molecule has 1 heterocycles. The Labute approximate surface area is 112 Å². The first kappa shape index (κ1) is 12.7. The SMILES string of the molecule is CN1CC(CCCl)Cc2ccc(Cl)cc2C1=O. The molecule has 0 spiro atoms. The zero-order valence-electron chi connectivity index (χ0n) is 9.75. The topological polar surface area (TPSA) is 20.3 Å². The van der Waals surface area contributed by atoms with Gasteiger partial charge in [0.25, 0.3) is 5.91 Å². The van der Waals surface area contributed by atoms with Crippen LogP contribution in [0.2, 0.25) is 5.02 Å². The molecule has 1 aromatic carbocycles. The molecule has 0 saturated carbocycles. The number of fused-ring (bicyclic) bond motifs is 1. The maximum absolute atomic E-state index is 12.2. The van der Waals surface area contributed by atoms with Crippen LogP contribution in [0.3, 0.4) is 0 Å². The van der Waals surface area contributed by atoms with Crippen molar-refractivity contribution in [3.8, 4) is 0 Å². The molecule has 2 nitrogen and oxygen atoms in total. The average Bonchev–Trinajstić information content (AvgIpc) is 2.40. The van der Waals surface area contributed by atoms with E-state index in [1.165, 1.54) is 0 Å². The van der Waals surface area contributed by atoms with Gasteiger partial charge >= 0.3 is 0 Å². The summed E-state index contributed by atoms with van der Waals surface area (Å²) in [6.07, 6.45) is 1.83. The van der Waals surface area contributed by atoms with Crippen LogP contribution in [-0.2, 0) is 6.42 Å². The second-order valence-electron chi connectivity index (χ2n) is 4.53. The normalized spacial score (nSPS) is 20.1. The lowest BCUT2D eigenvalue weighted by atomic mass is 9.95. The number of alkyl halides is 1. The number of halogens is 2. The van der Waals surface area contributed by atoms with E-state index in [1.807, 2.05) is 19.2 Å². The minimum Gasteiger partial charge on any atom is -0.341 e. The van der Waals surface area contributed by atoms with Gasteiger partial charge < -0.3 is 4.90 Å². The highest BCUT2D eigenvalue weighted by molar-refractivity contribution is 6.31. The Hall–Kier alpha value is -0.730. The summed E-state index contributed by atoms with van der Waals surface area (Å²) < 4.78 is 0. The number of rotatable bonds is 2. The second-order valence-corrected chi connectivity index (χ2v) is 5.35. The van der Waals surface area contributed by atoms with E-state index in [0.29, 0.717) is 16.8 Å². The fourth-order valence-corrected chi connectivity index (χ4v) is 2.81. The van der Waals surface area contributed by atoms with Gasteiger partial charge in [0.15, 0.2) is 0 Å². The van der Waals surface area contributed by atoms with Crippen LogP contribution in [0.1, 0.15) is 22.3 Å². The Kier molecular flexibility index (Phi) is 3.95. The first-order valence-corrected chi connectivity index (χ1v) is 6.63. The number of amides is 1. The minimum absolute atomic E-state index is 0.0552. The molecular weight excluding hydrogens is 257 g/mol. The van der Waals surface area contributed by atoms with E-state index in [1.54, 1.807) is 11.0 Å². The lowest BCUT2D eigenvalue weighted by Crippen LogP contribution is -2.29. The highest BCUT2D eigenvalue weighted by Crippen LogP contribution is 2.25. The molecule has 0 aromatic heterocycles. The first-order chi connectivity index (χ1) is 8.11. The van der Waals surface area contributed by atoms with Crippen LogP contribution in [0.15, 0.2) is 18.2 Å². The van der Waals surface area contributed by atoms with Gasteiger partial charge in [-0.15, -0.1) is 11.6 Å². The van der Waals surface area contributed by atoms with E-state index in [2.05, 4.69) is 0 Å². The molecular formula is C13H15Cl2NO. The van der Waals surface area contributed by atoms with Crippen molar-refractivity contribution in [3.05, 3.63) is 34.3 Å². The molecule has 92 valence electrons. The van der Waals surface area contributed by atoms with Gasteiger partial charge in [-0.25, -0.2) is 0 Å². The average molecular weight is 272 g/mol. The van der Waals surface area contributed by atoms with Gasteiger partial charge in [-0.1, -0.05) is 17.7 Å². The fraction of sp³-hybridized carbons (Fsp3) is 0.462. The van der Waals surface area contributed by atoms with Crippen molar-refractivity contribution in [2.24, 2.45) is 5.92 Å². The second kappa shape index (κ2) is 5.28. The molecule has 17 heavy (non-hydrogen) atoms.